The van der Waals surface area contributed by atoms with Gasteiger partial charge in [-0.2, -0.15) is 13.2 Å². The second kappa shape index (κ2) is 7.31. The van der Waals surface area contributed by atoms with Crippen molar-refractivity contribution in [2.45, 2.75) is 19.0 Å². The number of halogens is 3. The summed E-state index contributed by atoms with van der Waals surface area (Å²) in [5, 5.41) is 4.83. The van der Waals surface area contributed by atoms with Crippen LogP contribution in [0, 0.1) is 0 Å². The predicted molar refractivity (Wildman–Crippen MR) is 107 cm³/mol. The number of carbonyl (C=O) groups excluding carboxylic acids is 1. The Balaban J connectivity index is 1.61. The van der Waals surface area contributed by atoms with Crippen LogP contribution in [-0.4, -0.2) is 25.0 Å². The second-order valence-corrected chi connectivity index (χ2v) is 7.16. The van der Waals surface area contributed by atoms with E-state index in [2.05, 4.69) is 10.1 Å². The summed E-state index contributed by atoms with van der Waals surface area (Å²) < 4.78 is 54.4. The summed E-state index contributed by atoms with van der Waals surface area (Å²) in [6, 6.07) is 18.8. The lowest BCUT2D eigenvalue weighted by Crippen LogP contribution is -2.37. The van der Waals surface area contributed by atoms with Crippen molar-refractivity contribution >= 4 is 27.9 Å². The van der Waals surface area contributed by atoms with E-state index in [4.69, 9.17) is 9.15 Å². The lowest BCUT2D eigenvalue weighted by Gasteiger charge is -2.20. The van der Waals surface area contributed by atoms with Gasteiger partial charge in [0.2, 0.25) is 0 Å². The van der Waals surface area contributed by atoms with Crippen molar-refractivity contribution < 1.29 is 31.9 Å². The van der Waals surface area contributed by atoms with Crippen molar-refractivity contribution in [2.24, 2.45) is 0 Å². The molecule has 1 aliphatic heterocycles. The molecular formula is C23H16F3NO4. The Bertz CT molecular complexity index is 1300. The minimum absolute atomic E-state index is 0.0786. The summed E-state index contributed by atoms with van der Waals surface area (Å²) in [6.07, 6.45) is -6.52. The molecule has 0 fully saturated rings. The molecule has 0 amide bonds. The standard InChI is InChI=1S/C23H16F3NO4/c24-23(25,26)22(28)31-19-12-27-11-13-5-3-7-16(20(13)30-19)17-9-4-8-15-14-6-1-2-10-18(14)29-21(15)17/h1-10,19,27H,11-12H2. The van der Waals surface area contributed by atoms with E-state index in [1.807, 2.05) is 48.5 Å². The lowest BCUT2D eigenvalue weighted by atomic mass is 9.99. The van der Waals surface area contributed by atoms with E-state index in [-0.39, 0.29) is 6.54 Å². The number of hydrogen-bond acceptors (Lipinski definition) is 5. The fraction of sp³-hybridized carbons (Fsp3) is 0.174. The van der Waals surface area contributed by atoms with Crippen LogP contribution in [0.25, 0.3) is 33.1 Å². The van der Waals surface area contributed by atoms with Gasteiger partial charge in [-0.25, -0.2) is 4.79 Å². The maximum absolute atomic E-state index is 12.7. The van der Waals surface area contributed by atoms with Crippen LogP contribution in [0.15, 0.2) is 65.1 Å². The molecule has 5 nitrogen and oxygen atoms in total. The van der Waals surface area contributed by atoms with E-state index in [1.54, 1.807) is 12.1 Å². The quantitative estimate of drug-likeness (QED) is 0.448. The summed E-state index contributed by atoms with van der Waals surface area (Å²) in [7, 11) is 0. The van der Waals surface area contributed by atoms with Crippen molar-refractivity contribution in [3.63, 3.8) is 0 Å². The smallest absolute Gasteiger partial charge is 0.455 e. The Morgan fingerprint density at radius 1 is 0.968 bits per heavy atom. The van der Waals surface area contributed by atoms with Crippen LogP contribution in [0.5, 0.6) is 5.75 Å². The number of fused-ring (bicyclic) bond motifs is 4. The zero-order valence-electron chi connectivity index (χ0n) is 16.0. The molecule has 0 bridgehead atoms. The van der Waals surface area contributed by atoms with Gasteiger partial charge >= 0.3 is 12.1 Å². The number of benzene rings is 3. The van der Waals surface area contributed by atoms with Gasteiger partial charge in [0.25, 0.3) is 6.29 Å². The zero-order valence-corrected chi connectivity index (χ0v) is 16.0. The Morgan fingerprint density at radius 3 is 2.55 bits per heavy atom. The minimum atomic E-state index is -5.10. The highest BCUT2D eigenvalue weighted by Crippen LogP contribution is 2.41. The Labute approximate surface area is 174 Å². The fourth-order valence-electron chi connectivity index (χ4n) is 3.78. The first kappa shape index (κ1) is 19.4. The van der Waals surface area contributed by atoms with Crippen molar-refractivity contribution in [2.75, 3.05) is 6.54 Å². The first-order valence-corrected chi connectivity index (χ1v) is 9.59. The van der Waals surface area contributed by atoms with Gasteiger partial charge in [-0.1, -0.05) is 54.6 Å². The highest BCUT2D eigenvalue weighted by atomic mass is 19.4. The number of hydrogen-bond donors (Lipinski definition) is 1. The van der Waals surface area contributed by atoms with Crippen molar-refractivity contribution in [3.05, 3.63) is 66.2 Å². The molecular weight excluding hydrogens is 411 g/mol. The molecule has 3 aromatic carbocycles. The Hall–Kier alpha value is -3.52. The fourth-order valence-corrected chi connectivity index (χ4v) is 3.78. The molecule has 1 N–H and O–H groups in total. The summed E-state index contributed by atoms with van der Waals surface area (Å²) >= 11 is 0. The third kappa shape index (κ3) is 3.48. The molecule has 4 aromatic rings. The average Bonchev–Trinajstić information content (AvgIpc) is 3.00. The molecule has 0 radical (unpaired) electrons. The van der Waals surface area contributed by atoms with Crippen LogP contribution in [0.2, 0.25) is 0 Å². The van der Waals surface area contributed by atoms with Crippen LogP contribution in [0.3, 0.4) is 0 Å². The molecule has 31 heavy (non-hydrogen) atoms. The first-order valence-electron chi connectivity index (χ1n) is 9.59. The number of ether oxygens (including phenoxy) is 2. The normalized spacial score (nSPS) is 16.5. The van der Waals surface area contributed by atoms with Crippen molar-refractivity contribution in [1.29, 1.82) is 0 Å². The highest BCUT2D eigenvalue weighted by Gasteiger charge is 2.43. The van der Waals surface area contributed by atoms with Crippen LogP contribution in [0.1, 0.15) is 5.56 Å². The van der Waals surface area contributed by atoms with Crippen LogP contribution < -0.4 is 10.1 Å². The predicted octanol–water partition coefficient (Wildman–Crippen LogP) is 5.17. The van der Waals surface area contributed by atoms with E-state index in [0.29, 0.717) is 23.4 Å². The molecule has 2 heterocycles. The van der Waals surface area contributed by atoms with E-state index in [0.717, 1.165) is 27.5 Å². The van der Waals surface area contributed by atoms with Gasteiger partial charge < -0.3 is 19.2 Å². The number of carbonyl (C=O) groups is 1. The van der Waals surface area contributed by atoms with Crippen molar-refractivity contribution in [3.8, 4) is 16.9 Å². The van der Waals surface area contributed by atoms with Gasteiger partial charge in [-0.15, -0.1) is 0 Å². The van der Waals surface area contributed by atoms with Gasteiger partial charge in [0.05, 0.1) is 6.54 Å². The summed E-state index contributed by atoms with van der Waals surface area (Å²) in [6.45, 7) is 0.268. The third-order valence-corrected chi connectivity index (χ3v) is 5.14. The molecule has 0 saturated carbocycles. The topological polar surface area (TPSA) is 60.7 Å². The number of nitrogens with one attached hydrogen (secondary N) is 1. The largest absolute Gasteiger partial charge is 0.491 e. The molecule has 0 saturated heterocycles. The molecule has 1 aliphatic rings. The van der Waals surface area contributed by atoms with E-state index >= 15 is 0 Å². The van der Waals surface area contributed by atoms with Gasteiger partial charge in [-0.3, -0.25) is 0 Å². The number of esters is 1. The van der Waals surface area contributed by atoms with Gasteiger partial charge in [0.1, 0.15) is 16.9 Å². The number of rotatable bonds is 2. The summed E-state index contributed by atoms with van der Waals surface area (Å²) in [4.78, 5) is 11.3. The van der Waals surface area contributed by atoms with Crippen LogP contribution in [0.4, 0.5) is 13.2 Å². The molecule has 8 heteroatoms. The number of para-hydroxylation sites is 3. The molecule has 5 rings (SSSR count). The molecule has 1 atom stereocenters. The van der Waals surface area contributed by atoms with E-state index in [1.165, 1.54) is 0 Å². The summed E-state index contributed by atoms with van der Waals surface area (Å²) in [5.41, 5.74) is 3.47. The minimum Gasteiger partial charge on any atom is -0.455 e. The Kier molecular flexibility index (Phi) is 4.59. The van der Waals surface area contributed by atoms with Crippen molar-refractivity contribution in [1.82, 2.24) is 5.32 Å². The average molecular weight is 427 g/mol. The zero-order chi connectivity index (χ0) is 21.6. The summed E-state index contributed by atoms with van der Waals surface area (Å²) in [5.74, 6) is -1.94. The number of alkyl halides is 3. The SMILES string of the molecule is O=C(OC1CNCc2cccc(-c3cccc4c3oc3ccccc34)c2O1)C(F)(F)F. The second-order valence-electron chi connectivity index (χ2n) is 7.16. The third-order valence-electron chi connectivity index (χ3n) is 5.14. The van der Waals surface area contributed by atoms with Gasteiger partial charge in [0.15, 0.2) is 0 Å². The van der Waals surface area contributed by atoms with Crippen LogP contribution in [-0.2, 0) is 16.1 Å². The van der Waals surface area contributed by atoms with E-state index in [9.17, 15) is 18.0 Å². The molecule has 1 aromatic heterocycles. The highest BCUT2D eigenvalue weighted by molar-refractivity contribution is 6.09. The first-order chi connectivity index (χ1) is 14.9. The monoisotopic (exact) mass is 427 g/mol. The number of furan rings is 1. The molecule has 1 unspecified atom stereocenters. The molecule has 0 spiro atoms. The Morgan fingerprint density at radius 2 is 1.71 bits per heavy atom. The maximum Gasteiger partial charge on any atom is 0.491 e. The molecule has 158 valence electrons. The van der Waals surface area contributed by atoms with Gasteiger partial charge in [-0.05, 0) is 6.07 Å². The maximum atomic E-state index is 12.7. The lowest BCUT2D eigenvalue weighted by molar-refractivity contribution is -0.215. The molecule has 0 aliphatic carbocycles. The van der Waals surface area contributed by atoms with E-state index < -0.39 is 18.4 Å². The van der Waals surface area contributed by atoms with Crippen LogP contribution >= 0.6 is 0 Å². The van der Waals surface area contributed by atoms with Gasteiger partial charge in [0, 0.05) is 34.0 Å².